The van der Waals surface area contributed by atoms with Crippen LogP contribution in [0.3, 0.4) is 0 Å². The summed E-state index contributed by atoms with van der Waals surface area (Å²) < 4.78 is 41.1. The summed E-state index contributed by atoms with van der Waals surface area (Å²) >= 11 is 0. The van der Waals surface area contributed by atoms with Gasteiger partial charge in [0.15, 0.2) is 9.84 Å². The molecular formula is C29H30FNO3S. The highest BCUT2D eigenvalue weighted by Gasteiger charge is 2.48. The summed E-state index contributed by atoms with van der Waals surface area (Å²) in [6.45, 7) is 0.429. The van der Waals surface area contributed by atoms with Gasteiger partial charge in [0.05, 0.1) is 16.7 Å². The summed E-state index contributed by atoms with van der Waals surface area (Å²) in [5, 5.41) is 4.48. The summed E-state index contributed by atoms with van der Waals surface area (Å²) in [4.78, 5) is 12.7. The third kappa shape index (κ3) is 4.21. The normalized spacial score (nSPS) is 27.4. The molecule has 3 aliphatic rings. The Morgan fingerprint density at radius 2 is 1.60 bits per heavy atom. The standard InChI is InChI=1S/C29H30FNO3S/c30-27-3-1-2-20-6-7-22(16-25(20)27)19-8-10-23(11-9-19)35(33,34)24-12-14-29(15-13-24)17-26(21-4-5-21)28(32)18-31-29/h1-3,6-11,16,21,24,26,31H,4-5,12-15,17-18H2. The summed E-state index contributed by atoms with van der Waals surface area (Å²) in [5.74, 6) is 0.794. The predicted molar refractivity (Wildman–Crippen MR) is 135 cm³/mol. The van der Waals surface area contributed by atoms with Crippen LogP contribution in [-0.2, 0) is 14.6 Å². The number of Topliss-reactive ketones (excluding diaryl/α,β-unsaturated/α-hetero) is 1. The van der Waals surface area contributed by atoms with Crippen molar-refractivity contribution in [3.05, 3.63) is 66.5 Å². The molecule has 1 N–H and O–H groups in total. The van der Waals surface area contributed by atoms with Crippen LogP contribution in [0.15, 0.2) is 65.6 Å². The van der Waals surface area contributed by atoms with Crippen molar-refractivity contribution in [3.8, 4) is 11.1 Å². The van der Waals surface area contributed by atoms with E-state index in [-0.39, 0.29) is 17.3 Å². The molecule has 3 aromatic rings. The topological polar surface area (TPSA) is 63.2 Å². The largest absolute Gasteiger partial charge is 0.304 e. The van der Waals surface area contributed by atoms with Crippen molar-refractivity contribution in [2.45, 2.75) is 60.6 Å². The minimum Gasteiger partial charge on any atom is -0.304 e. The molecule has 1 aliphatic heterocycles. The monoisotopic (exact) mass is 491 g/mol. The van der Waals surface area contributed by atoms with Crippen molar-refractivity contribution in [2.75, 3.05) is 6.54 Å². The van der Waals surface area contributed by atoms with Crippen LogP contribution in [0.25, 0.3) is 21.9 Å². The summed E-state index contributed by atoms with van der Waals surface area (Å²) in [5.41, 5.74) is 1.63. The molecule has 2 saturated carbocycles. The van der Waals surface area contributed by atoms with Gasteiger partial charge in [-0.1, -0.05) is 36.4 Å². The van der Waals surface area contributed by atoms with Crippen LogP contribution >= 0.6 is 0 Å². The molecular weight excluding hydrogens is 461 g/mol. The van der Waals surface area contributed by atoms with Crippen LogP contribution in [0.2, 0.25) is 0 Å². The molecule has 182 valence electrons. The molecule has 1 saturated heterocycles. The van der Waals surface area contributed by atoms with E-state index in [1.807, 2.05) is 36.4 Å². The lowest BCUT2D eigenvalue weighted by molar-refractivity contribution is -0.126. The number of halogens is 1. The number of sulfone groups is 1. The van der Waals surface area contributed by atoms with Gasteiger partial charge in [0, 0.05) is 16.8 Å². The Kier molecular flexibility index (Phi) is 5.57. The first-order valence-corrected chi connectivity index (χ1v) is 14.2. The number of rotatable bonds is 4. The van der Waals surface area contributed by atoms with E-state index in [2.05, 4.69) is 5.32 Å². The fourth-order valence-electron chi connectivity index (χ4n) is 6.22. The molecule has 35 heavy (non-hydrogen) atoms. The van der Waals surface area contributed by atoms with Crippen molar-refractivity contribution in [3.63, 3.8) is 0 Å². The Morgan fingerprint density at radius 1 is 0.886 bits per heavy atom. The lowest BCUT2D eigenvalue weighted by Gasteiger charge is -2.45. The molecule has 0 amide bonds. The maximum Gasteiger partial charge on any atom is 0.181 e. The van der Waals surface area contributed by atoms with Gasteiger partial charge in [-0.3, -0.25) is 4.79 Å². The second kappa shape index (κ2) is 8.52. The summed E-state index contributed by atoms with van der Waals surface area (Å²) in [6.07, 6.45) is 6.02. The van der Waals surface area contributed by atoms with E-state index in [4.69, 9.17) is 0 Å². The Labute approximate surface area is 205 Å². The van der Waals surface area contributed by atoms with Crippen molar-refractivity contribution < 1.29 is 17.6 Å². The molecule has 4 nitrogen and oxygen atoms in total. The third-order valence-corrected chi connectivity index (χ3v) is 10.8. The molecule has 6 rings (SSSR count). The number of hydrogen-bond donors (Lipinski definition) is 1. The zero-order chi connectivity index (χ0) is 24.2. The van der Waals surface area contributed by atoms with E-state index in [1.54, 1.807) is 18.2 Å². The molecule has 0 bridgehead atoms. The molecule has 1 heterocycles. The predicted octanol–water partition coefficient (Wildman–Crippen LogP) is 5.69. The molecule has 3 aromatic carbocycles. The molecule has 6 heteroatoms. The Hall–Kier alpha value is -2.57. The van der Waals surface area contributed by atoms with Crippen LogP contribution in [-0.4, -0.2) is 31.5 Å². The average Bonchev–Trinajstić information content (AvgIpc) is 3.72. The Bertz CT molecular complexity index is 1390. The highest BCUT2D eigenvalue weighted by atomic mass is 32.2. The van der Waals surface area contributed by atoms with E-state index >= 15 is 0 Å². The molecule has 0 radical (unpaired) electrons. The van der Waals surface area contributed by atoms with Crippen LogP contribution in [0.5, 0.6) is 0 Å². The minimum absolute atomic E-state index is 0.0810. The van der Waals surface area contributed by atoms with E-state index in [0.717, 1.165) is 48.6 Å². The van der Waals surface area contributed by atoms with Crippen LogP contribution in [0, 0.1) is 17.7 Å². The Balaban J connectivity index is 1.17. The Morgan fingerprint density at radius 3 is 2.31 bits per heavy atom. The fourth-order valence-corrected chi connectivity index (χ4v) is 7.98. The molecule has 3 fully saturated rings. The SMILES string of the molecule is O=C1CNC2(CCC(S(=O)(=O)c3ccc(-c4ccc5cccc(F)c5c4)cc3)CC2)CC1C1CC1. The first-order valence-electron chi connectivity index (χ1n) is 12.7. The lowest BCUT2D eigenvalue weighted by atomic mass is 9.71. The van der Waals surface area contributed by atoms with Crippen LogP contribution in [0.1, 0.15) is 44.9 Å². The van der Waals surface area contributed by atoms with Crippen LogP contribution in [0.4, 0.5) is 4.39 Å². The average molecular weight is 492 g/mol. The fraction of sp³-hybridized carbons (Fsp3) is 0.414. The van der Waals surface area contributed by atoms with E-state index in [1.165, 1.54) is 6.07 Å². The highest BCUT2D eigenvalue weighted by Crippen LogP contribution is 2.46. The molecule has 1 unspecified atom stereocenters. The number of nitrogens with one attached hydrogen (secondary N) is 1. The minimum atomic E-state index is -3.44. The highest BCUT2D eigenvalue weighted by molar-refractivity contribution is 7.92. The number of hydrogen-bond acceptors (Lipinski definition) is 4. The van der Waals surface area contributed by atoms with Gasteiger partial charge < -0.3 is 5.32 Å². The van der Waals surface area contributed by atoms with E-state index in [9.17, 15) is 17.6 Å². The first kappa shape index (κ1) is 22.9. The van der Waals surface area contributed by atoms with Gasteiger partial charge in [-0.2, -0.15) is 0 Å². The van der Waals surface area contributed by atoms with Gasteiger partial charge >= 0.3 is 0 Å². The lowest BCUT2D eigenvalue weighted by Crippen LogP contribution is -2.57. The van der Waals surface area contributed by atoms with E-state index < -0.39 is 15.1 Å². The third-order valence-electron chi connectivity index (χ3n) is 8.53. The summed E-state index contributed by atoms with van der Waals surface area (Å²) in [7, 11) is -3.44. The van der Waals surface area contributed by atoms with Gasteiger partial charge in [0.2, 0.25) is 0 Å². The quantitative estimate of drug-likeness (QED) is 0.509. The van der Waals surface area contributed by atoms with Gasteiger partial charge in [0.1, 0.15) is 11.6 Å². The molecule has 0 aromatic heterocycles. The number of carbonyl (C=O) groups is 1. The number of benzene rings is 3. The number of piperidine rings is 1. The van der Waals surface area contributed by atoms with Crippen molar-refractivity contribution in [1.82, 2.24) is 5.32 Å². The number of carbonyl (C=O) groups excluding carboxylic acids is 1. The van der Waals surface area contributed by atoms with Crippen molar-refractivity contribution in [2.24, 2.45) is 11.8 Å². The van der Waals surface area contributed by atoms with Crippen LogP contribution < -0.4 is 5.32 Å². The van der Waals surface area contributed by atoms with Crippen molar-refractivity contribution in [1.29, 1.82) is 0 Å². The number of ketones is 1. The molecule has 1 spiro atoms. The first-order chi connectivity index (χ1) is 16.8. The maximum absolute atomic E-state index is 14.2. The number of fused-ring (bicyclic) bond motifs is 1. The van der Waals surface area contributed by atoms with Gasteiger partial charge in [-0.05, 0) is 91.6 Å². The molecule has 1 atom stereocenters. The zero-order valence-corrected chi connectivity index (χ0v) is 20.5. The van der Waals surface area contributed by atoms with E-state index in [0.29, 0.717) is 41.4 Å². The zero-order valence-electron chi connectivity index (χ0n) is 19.7. The second-order valence-corrected chi connectivity index (χ2v) is 12.9. The van der Waals surface area contributed by atoms with Gasteiger partial charge in [0.25, 0.3) is 0 Å². The molecule has 2 aliphatic carbocycles. The second-order valence-electron chi connectivity index (χ2n) is 10.7. The summed E-state index contributed by atoms with van der Waals surface area (Å²) in [6, 6.07) is 17.6. The van der Waals surface area contributed by atoms with Gasteiger partial charge in [-0.15, -0.1) is 0 Å². The maximum atomic E-state index is 14.2. The van der Waals surface area contributed by atoms with Gasteiger partial charge in [-0.25, -0.2) is 12.8 Å². The van der Waals surface area contributed by atoms with Crippen molar-refractivity contribution >= 4 is 26.4 Å². The smallest absolute Gasteiger partial charge is 0.181 e.